The molecule has 0 fully saturated rings. The predicted molar refractivity (Wildman–Crippen MR) is 64.6 cm³/mol. The summed E-state index contributed by atoms with van der Waals surface area (Å²) in [6.07, 6.45) is -7.21. The molecule has 106 valence electrons. The minimum atomic E-state index is -4.71. The van der Waals surface area contributed by atoms with Gasteiger partial charge < -0.3 is 10.4 Å². The summed E-state index contributed by atoms with van der Waals surface area (Å²) in [5.41, 5.74) is 0.0333. The molecule has 0 amide bonds. The molecule has 1 atom stereocenters. The molecule has 19 heavy (non-hydrogen) atoms. The van der Waals surface area contributed by atoms with Crippen LogP contribution in [0, 0.1) is 10.1 Å². The molecule has 0 aromatic heterocycles. The minimum Gasteiger partial charge on any atom is -0.382 e. The van der Waals surface area contributed by atoms with E-state index in [9.17, 15) is 23.3 Å². The fourth-order valence-corrected chi connectivity index (χ4v) is 1.66. The van der Waals surface area contributed by atoms with Crippen LogP contribution in [0.4, 0.5) is 18.9 Å². The van der Waals surface area contributed by atoms with Gasteiger partial charge in [0.25, 0.3) is 5.69 Å². The van der Waals surface area contributed by atoms with Gasteiger partial charge in [-0.05, 0) is 12.1 Å². The summed E-state index contributed by atoms with van der Waals surface area (Å²) in [5, 5.41) is 21.8. The maximum Gasteiger partial charge on any atom is 0.415 e. The van der Waals surface area contributed by atoms with Gasteiger partial charge in [-0.15, -0.1) is 0 Å². The molecule has 0 saturated heterocycles. The summed E-state index contributed by atoms with van der Waals surface area (Å²) in [5.74, 6) is 0. The lowest BCUT2D eigenvalue weighted by Gasteiger charge is -2.15. The van der Waals surface area contributed by atoms with Crippen LogP contribution in [0.2, 0.25) is 0 Å². The van der Waals surface area contributed by atoms with E-state index in [1.807, 2.05) is 0 Å². The van der Waals surface area contributed by atoms with Gasteiger partial charge >= 0.3 is 6.18 Å². The first-order valence-corrected chi connectivity index (χ1v) is 5.89. The van der Waals surface area contributed by atoms with Crippen molar-refractivity contribution in [1.82, 2.24) is 5.32 Å². The van der Waals surface area contributed by atoms with Crippen LogP contribution in [0.3, 0.4) is 0 Å². The van der Waals surface area contributed by atoms with Crippen molar-refractivity contribution >= 4 is 21.6 Å². The van der Waals surface area contributed by atoms with Gasteiger partial charge in [0.15, 0.2) is 6.10 Å². The summed E-state index contributed by atoms with van der Waals surface area (Å²) in [6, 6.07) is 4.23. The number of nitro benzene ring substituents is 1. The number of halogens is 4. The Morgan fingerprint density at radius 1 is 1.47 bits per heavy atom. The van der Waals surface area contributed by atoms with E-state index in [2.05, 4.69) is 21.2 Å². The molecule has 0 saturated carbocycles. The van der Waals surface area contributed by atoms with Crippen LogP contribution in [0.15, 0.2) is 22.7 Å². The van der Waals surface area contributed by atoms with Crippen molar-refractivity contribution in [3.63, 3.8) is 0 Å². The first-order valence-electron chi connectivity index (χ1n) is 5.10. The van der Waals surface area contributed by atoms with Crippen LogP contribution in [0.5, 0.6) is 0 Å². The van der Waals surface area contributed by atoms with E-state index in [4.69, 9.17) is 5.11 Å². The zero-order valence-corrected chi connectivity index (χ0v) is 11.0. The minimum absolute atomic E-state index is 0.142. The summed E-state index contributed by atoms with van der Waals surface area (Å²) in [7, 11) is 0. The van der Waals surface area contributed by atoms with Gasteiger partial charge in [0.2, 0.25) is 0 Å². The second-order valence-electron chi connectivity index (χ2n) is 3.72. The highest BCUT2D eigenvalue weighted by atomic mass is 79.9. The maximum absolute atomic E-state index is 12.0. The smallest absolute Gasteiger partial charge is 0.382 e. The van der Waals surface area contributed by atoms with Crippen molar-refractivity contribution in [1.29, 1.82) is 0 Å². The third kappa shape index (κ3) is 4.77. The summed E-state index contributed by atoms with van der Waals surface area (Å²) in [4.78, 5) is 10.1. The molecule has 1 aromatic carbocycles. The van der Waals surface area contributed by atoms with Crippen LogP contribution in [0.1, 0.15) is 5.56 Å². The monoisotopic (exact) mass is 342 g/mol. The predicted octanol–water partition coefficient (Wildman–Crippen LogP) is 2.37. The molecule has 2 N–H and O–H groups in total. The van der Waals surface area contributed by atoms with Gasteiger partial charge in [-0.3, -0.25) is 10.1 Å². The van der Waals surface area contributed by atoms with E-state index in [-0.39, 0.29) is 17.8 Å². The molecule has 0 heterocycles. The highest BCUT2D eigenvalue weighted by Crippen LogP contribution is 2.24. The molecular formula is C10H10BrF3N2O3. The molecule has 1 unspecified atom stereocenters. The third-order valence-electron chi connectivity index (χ3n) is 2.28. The number of nitro groups is 1. The Morgan fingerprint density at radius 3 is 2.63 bits per heavy atom. The van der Waals surface area contributed by atoms with Gasteiger partial charge in [0.1, 0.15) is 0 Å². The average molecular weight is 343 g/mol. The largest absolute Gasteiger partial charge is 0.415 e. The van der Waals surface area contributed by atoms with E-state index >= 15 is 0 Å². The van der Waals surface area contributed by atoms with Crippen molar-refractivity contribution in [2.75, 3.05) is 6.54 Å². The van der Waals surface area contributed by atoms with E-state index in [1.54, 1.807) is 6.07 Å². The SMILES string of the molecule is O=[N+]([O-])c1cc(Br)ccc1CNCC(O)C(F)(F)F. The number of nitrogens with zero attached hydrogens (tertiary/aromatic N) is 1. The Labute approximate surface area is 114 Å². The second-order valence-corrected chi connectivity index (χ2v) is 4.63. The van der Waals surface area contributed by atoms with Crippen LogP contribution in [0.25, 0.3) is 0 Å². The zero-order chi connectivity index (χ0) is 14.6. The molecule has 0 aliphatic carbocycles. The fourth-order valence-electron chi connectivity index (χ4n) is 1.32. The van der Waals surface area contributed by atoms with Crippen molar-refractivity contribution in [2.24, 2.45) is 0 Å². The van der Waals surface area contributed by atoms with E-state index in [1.165, 1.54) is 12.1 Å². The standard InChI is InChI=1S/C10H10BrF3N2O3/c11-7-2-1-6(8(3-7)16(18)19)4-15-5-9(17)10(12,13)14/h1-3,9,15,17H,4-5H2. The molecule has 0 spiro atoms. The van der Waals surface area contributed by atoms with Crippen LogP contribution < -0.4 is 5.32 Å². The number of hydrogen-bond donors (Lipinski definition) is 2. The highest BCUT2D eigenvalue weighted by Gasteiger charge is 2.37. The number of nitrogens with one attached hydrogen (secondary N) is 1. The number of hydrogen-bond acceptors (Lipinski definition) is 4. The van der Waals surface area contributed by atoms with Crippen LogP contribution >= 0.6 is 15.9 Å². The Morgan fingerprint density at radius 2 is 2.11 bits per heavy atom. The van der Waals surface area contributed by atoms with Gasteiger partial charge in [-0.1, -0.05) is 15.9 Å². The Balaban J connectivity index is 2.66. The van der Waals surface area contributed by atoms with Gasteiger partial charge in [0, 0.05) is 29.2 Å². The molecule has 0 bridgehead atoms. The molecule has 1 rings (SSSR count). The quantitative estimate of drug-likeness (QED) is 0.636. The van der Waals surface area contributed by atoms with Gasteiger partial charge in [-0.25, -0.2) is 0 Å². The third-order valence-corrected chi connectivity index (χ3v) is 2.77. The first-order chi connectivity index (χ1) is 8.71. The highest BCUT2D eigenvalue weighted by molar-refractivity contribution is 9.10. The number of aliphatic hydroxyl groups is 1. The Kier molecular flexibility index (Phi) is 5.27. The van der Waals surface area contributed by atoms with Crippen molar-refractivity contribution in [2.45, 2.75) is 18.8 Å². The maximum atomic E-state index is 12.0. The zero-order valence-electron chi connectivity index (χ0n) is 9.45. The summed E-state index contributed by atoms with van der Waals surface area (Å²) in [6.45, 7) is -0.868. The van der Waals surface area contributed by atoms with E-state index in [0.29, 0.717) is 4.47 Å². The Bertz CT molecular complexity index is 468. The second kappa shape index (κ2) is 6.31. The Hall–Kier alpha value is -1.19. The van der Waals surface area contributed by atoms with Crippen molar-refractivity contribution in [3.05, 3.63) is 38.3 Å². The van der Waals surface area contributed by atoms with Gasteiger partial charge in [0.05, 0.1) is 4.92 Å². The summed E-state index contributed by atoms with van der Waals surface area (Å²) < 4.78 is 36.6. The molecule has 5 nitrogen and oxygen atoms in total. The number of rotatable bonds is 5. The number of benzene rings is 1. The van der Waals surface area contributed by atoms with Crippen molar-refractivity contribution in [3.8, 4) is 0 Å². The molecule has 0 aliphatic rings. The molecule has 9 heteroatoms. The molecule has 1 aromatic rings. The lowest BCUT2D eigenvalue weighted by atomic mass is 10.2. The fraction of sp³-hybridized carbons (Fsp3) is 0.400. The lowest BCUT2D eigenvalue weighted by Crippen LogP contribution is -2.38. The average Bonchev–Trinajstić information content (AvgIpc) is 2.29. The number of alkyl halides is 3. The summed E-state index contributed by atoms with van der Waals surface area (Å²) >= 11 is 3.07. The van der Waals surface area contributed by atoms with Crippen LogP contribution in [-0.2, 0) is 6.54 Å². The first kappa shape index (κ1) is 15.9. The molecule has 0 aliphatic heterocycles. The van der Waals surface area contributed by atoms with Crippen LogP contribution in [-0.4, -0.2) is 28.9 Å². The van der Waals surface area contributed by atoms with E-state index < -0.39 is 23.7 Å². The van der Waals surface area contributed by atoms with Gasteiger partial charge in [-0.2, -0.15) is 13.2 Å². The van der Waals surface area contributed by atoms with Crippen molar-refractivity contribution < 1.29 is 23.2 Å². The molecular weight excluding hydrogens is 333 g/mol. The van der Waals surface area contributed by atoms with E-state index in [0.717, 1.165) is 0 Å². The normalized spacial score (nSPS) is 13.3. The number of aliphatic hydroxyl groups excluding tert-OH is 1. The topological polar surface area (TPSA) is 75.4 Å². The molecule has 0 radical (unpaired) electrons. The lowest BCUT2D eigenvalue weighted by molar-refractivity contribution is -0.385.